The number of nitrogens with zero attached hydrogens (tertiary/aromatic N) is 2. The van der Waals surface area contributed by atoms with Crippen LogP contribution in [0.15, 0.2) is 36.4 Å². The number of amides is 1. The maximum absolute atomic E-state index is 12.5. The molecule has 5 nitrogen and oxygen atoms in total. The second-order valence-electron chi connectivity index (χ2n) is 6.40. The summed E-state index contributed by atoms with van der Waals surface area (Å²) in [7, 11) is 0. The number of anilines is 1. The monoisotopic (exact) mass is 326 g/mol. The molecular weight excluding hydrogens is 300 g/mol. The van der Waals surface area contributed by atoms with Crippen molar-refractivity contribution < 1.29 is 4.79 Å². The van der Waals surface area contributed by atoms with Crippen LogP contribution in [-0.4, -0.2) is 22.4 Å². The number of hydrogen-bond acceptors (Lipinski definition) is 4. The predicted molar refractivity (Wildman–Crippen MR) is 97.0 cm³/mol. The molecule has 1 unspecified atom stereocenters. The van der Waals surface area contributed by atoms with Gasteiger partial charge in [-0.1, -0.05) is 44.2 Å². The van der Waals surface area contributed by atoms with Gasteiger partial charge in [0.25, 0.3) is 5.91 Å². The van der Waals surface area contributed by atoms with Crippen molar-refractivity contribution in [3.8, 4) is 0 Å². The third-order valence-electron chi connectivity index (χ3n) is 3.75. The second kappa shape index (κ2) is 8.43. The summed E-state index contributed by atoms with van der Waals surface area (Å²) in [5, 5.41) is 6.25. The topological polar surface area (TPSA) is 66.9 Å². The minimum atomic E-state index is -0.191. The number of carbonyl (C=O) groups excluding carboxylic acids is 1. The van der Waals surface area contributed by atoms with E-state index in [-0.39, 0.29) is 11.9 Å². The van der Waals surface area contributed by atoms with Gasteiger partial charge in [-0.3, -0.25) is 4.79 Å². The van der Waals surface area contributed by atoms with Gasteiger partial charge in [-0.15, -0.1) is 0 Å². The fourth-order valence-electron chi connectivity index (χ4n) is 2.36. The molecule has 1 amide bonds. The van der Waals surface area contributed by atoms with Crippen LogP contribution in [-0.2, 0) is 0 Å². The maximum atomic E-state index is 12.5. The first-order chi connectivity index (χ1) is 11.5. The van der Waals surface area contributed by atoms with Crippen molar-refractivity contribution in [3.05, 3.63) is 53.5 Å². The molecule has 0 bridgehead atoms. The highest BCUT2D eigenvalue weighted by molar-refractivity contribution is 5.93. The molecule has 1 aromatic heterocycles. The van der Waals surface area contributed by atoms with Crippen LogP contribution in [0.1, 0.15) is 55.1 Å². The van der Waals surface area contributed by atoms with E-state index in [1.807, 2.05) is 37.3 Å². The van der Waals surface area contributed by atoms with E-state index in [0.717, 1.165) is 18.5 Å². The van der Waals surface area contributed by atoms with E-state index in [1.54, 1.807) is 13.0 Å². The van der Waals surface area contributed by atoms with Gasteiger partial charge in [0, 0.05) is 12.6 Å². The third-order valence-corrected chi connectivity index (χ3v) is 3.75. The number of aromatic nitrogens is 2. The zero-order chi connectivity index (χ0) is 17.5. The summed E-state index contributed by atoms with van der Waals surface area (Å²) < 4.78 is 0. The van der Waals surface area contributed by atoms with E-state index in [9.17, 15) is 4.79 Å². The number of benzene rings is 1. The Bertz CT molecular complexity index is 670. The first-order valence-electron chi connectivity index (χ1n) is 8.41. The Kier molecular flexibility index (Phi) is 6.29. The molecule has 2 rings (SSSR count). The van der Waals surface area contributed by atoms with Crippen molar-refractivity contribution in [2.24, 2.45) is 5.92 Å². The molecule has 0 saturated heterocycles. The van der Waals surface area contributed by atoms with Crippen LogP contribution in [0.2, 0.25) is 0 Å². The fourth-order valence-corrected chi connectivity index (χ4v) is 2.36. The van der Waals surface area contributed by atoms with Gasteiger partial charge >= 0.3 is 0 Å². The molecule has 0 saturated carbocycles. The van der Waals surface area contributed by atoms with Crippen LogP contribution in [0.3, 0.4) is 0 Å². The first kappa shape index (κ1) is 17.9. The number of aryl methyl sites for hydroxylation is 1. The Hall–Kier alpha value is -2.43. The average Bonchev–Trinajstić information content (AvgIpc) is 2.54. The molecule has 2 N–H and O–H groups in total. The highest BCUT2D eigenvalue weighted by Gasteiger charge is 2.14. The van der Waals surface area contributed by atoms with Crippen LogP contribution in [0.4, 0.5) is 5.82 Å². The van der Waals surface area contributed by atoms with Gasteiger partial charge in [-0.2, -0.15) is 0 Å². The van der Waals surface area contributed by atoms with Crippen LogP contribution < -0.4 is 10.6 Å². The Morgan fingerprint density at radius 2 is 1.83 bits per heavy atom. The molecule has 24 heavy (non-hydrogen) atoms. The smallest absolute Gasteiger partial charge is 0.270 e. The van der Waals surface area contributed by atoms with Gasteiger partial charge < -0.3 is 10.6 Å². The zero-order valence-corrected chi connectivity index (χ0v) is 14.8. The van der Waals surface area contributed by atoms with E-state index in [0.29, 0.717) is 23.3 Å². The summed E-state index contributed by atoms with van der Waals surface area (Å²) in [4.78, 5) is 21.1. The lowest BCUT2D eigenvalue weighted by atomic mass is 10.1. The highest BCUT2D eigenvalue weighted by atomic mass is 16.1. The van der Waals surface area contributed by atoms with Gasteiger partial charge in [0.2, 0.25) is 0 Å². The van der Waals surface area contributed by atoms with Gasteiger partial charge in [-0.25, -0.2) is 9.97 Å². The summed E-state index contributed by atoms with van der Waals surface area (Å²) >= 11 is 0. The lowest BCUT2D eigenvalue weighted by Crippen LogP contribution is -2.28. The molecule has 2 aromatic rings. The van der Waals surface area contributed by atoms with Gasteiger partial charge in [-0.05, 0) is 31.7 Å². The predicted octanol–water partition coefficient (Wildman–Crippen LogP) is 3.73. The Morgan fingerprint density at radius 1 is 1.12 bits per heavy atom. The Morgan fingerprint density at radius 3 is 2.50 bits per heavy atom. The molecule has 0 aliphatic heterocycles. The summed E-state index contributed by atoms with van der Waals surface area (Å²) in [6, 6.07) is 11.5. The standard InChI is InChI=1S/C19H26N4O/c1-13(2)10-11-20-18-12-17(22-15(4)23-18)19(24)21-14(3)16-8-6-5-7-9-16/h5-9,12-14H,10-11H2,1-4H3,(H,21,24)(H,20,22,23). The molecule has 0 fully saturated rings. The number of nitrogens with one attached hydrogen (secondary N) is 2. The van der Waals surface area contributed by atoms with Gasteiger partial charge in [0.1, 0.15) is 17.3 Å². The van der Waals surface area contributed by atoms with Crippen LogP contribution in [0.25, 0.3) is 0 Å². The Labute approximate surface area is 143 Å². The van der Waals surface area contributed by atoms with Crippen LogP contribution in [0, 0.1) is 12.8 Å². The number of rotatable bonds is 7. The Balaban J connectivity index is 2.04. The third kappa shape index (κ3) is 5.33. The molecule has 128 valence electrons. The average molecular weight is 326 g/mol. The van der Waals surface area contributed by atoms with E-state index < -0.39 is 0 Å². The highest BCUT2D eigenvalue weighted by Crippen LogP contribution is 2.13. The fraction of sp³-hybridized carbons (Fsp3) is 0.421. The molecular formula is C19H26N4O. The maximum Gasteiger partial charge on any atom is 0.270 e. The molecule has 0 radical (unpaired) electrons. The SMILES string of the molecule is Cc1nc(NCCC(C)C)cc(C(=O)NC(C)c2ccccc2)n1. The normalized spacial score (nSPS) is 12.0. The van der Waals surface area contributed by atoms with Crippen LogP contribution >= 0.6 is 0 Å². The number of carbonyl (C=O) groups is 1. The van der Waals surface area contributed by atoms with Crippen molar-refractivity contribution in [1.82, 2.24) is 15.3 Å². The van der Waals surface area contributed by atoms with E-state index in [1.165, 1.54) is 0 Å². The minimum Gasteiger partial charge on any atom is -0.370 e. The van der Waals surface area contributed by atoms with Crippen molar-refractivity contribution in [3.63, 3.8) is 0 Å². The zero-order valence-electron chi connectivity index (χ0n) is 14.8. The van der Waals surface area contributed by atoms with Crippen molar-refractivity contribution in [1.29, 1.82) is 0 Å². The second-order valence-corrected chi connectivity index (χ2v) is 6.40. The summed E-state index contributed by atoms with van der Waals surface area (Å²) in [5.74, 6) is 1.71. The lowest BCUT2D eigenvalue weighted by Gasteiger charge is -2.15. The van der Waals surface area contributed by atoms with Gasteiger partial charge in [0.15, 0.2) is 0 Å². The summed E-state index contributed by atoms with van der Waals surface area (Å²) in [6.45, 7) is 8.94. The molecule has 1 heterocycles. The summed E-state index contributed by atoms with van der Waals surface area (Å²) in [5.41, 5.74) is 1.45. The lowest BCUT2D eigenvalue weighted by molar-refractivity contribution is 0.0934. The summed E-state index contributed by atoms with van der Waals surface area (Å²) in [6.07, 6.45) is 1.05. The van der Waals surface area contributed by atoms with Crippen molar-refractivity contribution in [2.45, 2.75) is 40.2 Å². The molecule has 1 aromatic carbocycles. The quantitative estimate of drug-likeness (QED) is 0.813. The van der Waals surface area contributed by atoms with Crippen molar-refractivity contribution in [2.75, 3.05) is 11.9 Å². The first-order valence-corrected chi connectivity index (χ1v) is 8.41. The van der Waals surface area contributed by atoms with E-state index >= 15 is 0 Å². The molecule has 1 atom stereocenters. The minimum absolute atomic E-state index is 0.0775. The number of hydrogen-bond donors (Lipinski definition) is 2. The molecule has 0 aliphatic carbocycles. The van der Waals surface area contributed by atoms with E-state index in [4.69, 9.17) is 0 Å². The van der Waals surface area contributed by atoms with Crippen molar-refractivity contribution >= 4 is 11.7 Å². The largest absolute Gasteiger partial charge is 0.370 e. The molecule has 0 spiro atoms. The molecule has 5 heteroatoms. The molecule has 0 aliphatic rings. The van der Waals surface area contributed by atoms with E-state index in [2.05, 4.69) is 34.4 Å². The van der Waals surface area contributed by atoms with Gasteiger partial charge in [0.05, 0.1) is 6.04 Å². The van der Waals surface area contributed by atoms with Crippen LogP contribution in [0.5, 0.6) is 0 Å².